The number of carbonyl (C=O) groups is 2. The van der Waals surface area contributed by atoms with E-state index in [2.05, 4.69) is 15.0 Å². The molecule has 3 aliphatic rings. The van der Waals surface area contributed by atoms with E-state index in [1.807, 2.05) is 11.8 Å². The van der Waals surface area contributed by atoms with Crippen LogP contribution in [0.15, 0.2) is 29.5 Å². The number of nitrogens with zero attached hydrogens (tertiary/aromatic N) is 4. The molecule has 1 aliphatic carbocycles. The summed E-state index contributed by atoms with van der Waals surface area (Å²) in [5.74, 6) is -0.920. The van der Waals surface area contributed by atoms with Crippen molar-refractivity contribution in [3.8, 4) is 6.01 Å². The minimum atomic E-state index is -0.780. The number of fused-ring (bicyclic) bond motifs is 1. The number of hydrogen-bond acceptors (Lipinski definition) is 5. The molecule has 2 amide bonds. The molecule has 7 heteroatoms. The molecule has 0 spiro atoms. The molecule has 4 rings (SSSR count). The smallest absolute Gasteiger partial charge is 0.316 e. The molecule has 3 atom stereocenters. The summed E-state index contributed by atoms with van der Waals surface area (Å²) in [4.78, 5) is 38.7. The lowest BCUT2D eigenvalue weighted by molar-refractivity contribution is -0.138. The molecular weight excluding hydrogens is 332 g/mol. The highest BCUT2D eigenvalue weighted by Crippen LogP contribution is 2.49. The van der Waals surface area contributed by atoms with Crippen molar-refractivity contribution in [2.24, 2.45) is 22.2 Å². The Morgan fingerprint density at radius 2 is 2.19 bits per heavy atom. The van der Waals surface area contributed by atoms with Gasteiger partial charge in [0, 0.05) is 37.1 Å². The monoisotopic (exact) mass is 354 g/mol. The van der Waals surface area contributed by atoms with E-state index in [0.717, 1.165) is 24.8 Å². The van der Waals surface area contributed by atoms with Gasteiger partial charge in [-0.15, -0.1) is 0 Å². The first-order chi connectivity index (χ1) is 12.6. The third kappa shape index (κ3) is 3.02. The number of carbonyl (C=O) groups excluding carboxylic acids is 2. The largest absolute Gasteiger partial charge is 0.463 e. The second-order valence-corrected chi connectivity index (χ2v) is 7.48. The predicted octanol–water partition coefficient (Wildman–Crippen LogP) is 1.58. The van der Waals surface area contributed by atoms with Gasteiger partial charge in [0.1, 0.15) is 5.92 Å². The molecule has 2 fully saturated rings. The number of aryl methyl sites for hydroxylation is 1. The zero-order chi connectivity index (χ0) is 18.1. The number of hydrogen-bond donors (Lipinski definition) is 0. The maximum absolute atomic E-state index is 12.8. The highest BCUT2D eigenvalue weighted by atomic mass is 16.5. The van der Waals surface area contributed by atoms with Crippen LogP contribution in [0.25, 0.3) is 0 Å². The van der Waals surface area contributed by atoms with Gasteiger partial charge in [0.05, 0.1) is 6.61 Å². The summed E-state index contributed by atoms with van der Waals surface area (Å²) >= 11 is 0. The molecule has 136 valence electrons. The van der Waals surface area contributed by atoms with Gasteiger partial charge in [0.15, 0.2) is 0 Å². The van der Waals surface area contributed by atoms with Gasteiger partial charge in [0.25, 0.3) is 5.91 Å². The fraction of sp³-hybridized carbons (Fsp3) is 0.526. The van der Waals surface area contributed by atoms with Crippen LogP contribution in [0.4, 0.5) is 0 Å². The van der Waals surface area contributed by atoms with Crippen molar-refractivity contribution in [2.45, 2.75) is 26.2 Å². The molecule has 1 saturated carbocycles. The molecule has 26 heavy (non-hydrogen) atoms. The van der Waals surface area contributed by atoms with Crippen molar-refractivity contribution in [3.63, 3.8) is 0 Å². The van der Waals surface area contributed by atoms with Gasteiger partial charge in [-0.05, 0) is 37.3 Å². The Morgan fingerprint density at radius 1 is 1.38 bits per heavy atom. The molecule has 0 radical (unpaired) electrons. The number of allylic oxidation sites excluding steroid dienone is 1. The minimum absolute atomic E-state index is 0.0748. The van der Waals surface area contributed by atoms with Crippen LogP contribution >= 0.6 is 0 Å². The third-order valence-electron chi connectivity index (χ3n) is 5.72. The second kappa shape index (κ2) is 6.63. The zero-order valence-corrected chi connectivity index (χ0v) is 14.8. The Balaban J connectivity index is 1.45. The maximum Gasteiger partial charge on any atom is 0.316 e. The van der Waals surface area contributed by atoms with Gasteiger partial charge in [0.2, 0.25) is 5.91 Å². The van der Waals surface area contributed by atoms with Crippen LogP contribution < -0.4 is 4.74 Å². The summed E-state index contributed by atoms with van der Waals surface area (Å²) in [7, 11) is 0. The number of ether oxygens (including phenoxy) is 1. The van der Waals surface area contributed by atoms with E-state index in [1.54, 1.807) is 24.5 Å². The maximum atomic E-state index is 12.8. The highest BCUT2D eigenvalue weighted by molar-refractivity contribution is 6.07. The van der Waals surface area contributed by atoms with Crippen LogP contribution in [-0.2, 0) is 9.59 Å². The molecular formula is C19H22N4O3. The molecule has 0 N–H and O–H groups in total. The topological polar surface area (TPSA) is 84.8 Å². The molecule has 1 aromatic heterocycles. The van der Waals surface area contributed by atoms with Gasteiger partial charge in [-0.1, -0.05) is 12.5 Å². The average Bonchev–Trinajstić information content (AvgIpc) is 3.18. The van der Waals surface area contributed by atoms with Gasteiger partial charge < -0.3 is 9.64 Å². The summed E-state index contributed by atoms with van der Waals surface area (Å²) in [5.41, 5.74) is 0.911. The van der Waals surface area contributed by atoms with Gasteiger partial charge >= 0.3 is 6.01 Å². The van der Waals surface area contributed by atoms with Gasteiger partial charge in [-0.2, -0.15) is 0 Å². The number of rotatable bonds is 4. The van der Waals surface area contributed by atoms with E-state index in [1.165, 1.54) is 6.21 Å². The van der Waals surface area contributed by atoms with Crippen molar-refractivity contribution in [3.05, 3.63) is 30.1 Å². The molecule has 0 aromatic carbocycles. The van der Waals surface area contributed by atoms with Crippen LogP contribution in [0.1, 0.15) is 24.8 Å². The number of amides is 2. The van der Waals surface area contributed by atoms with E-state index < -0.39 is 5.92 Å². The van der Waals surface area contributed by atoms with Crippen molar-refractivity contribution in [1.29, 1.82) is 0 Å². The molecule has 1 saturated heterocycles. The Hall–Kier alpha value is -2.57. The highest BCUT2D eigenvalue weighted by Gasteiger charge is 2.52. The first-order valence-electron chi connectivity index (χ1n) is 9.02. The van der Waals surface area contributed by atoms with Crippen molar-refractivity contribution >= 4 is 18.0 Å². The fourth-order valence-corrected chi connectivity index (χ4v) is 4.31. The molecule has 3 heterocycles. The van der Waals surface area contributed by atoms with E-state index >= 15 is 0 Å². The van der Waals surface area contributed by atoms with Crippen LogP contribution in [0.3, 0.4) is 0 Å². The van der Waals surface area contributed by atoms with Crippen LogP contribution in [0.5, 0.6) is 6.01 Å². The molecule has 2 aliphatic heterocycles. The predicted molar refractivity (Wildman–Crippen MR) is 94.7 cm³/mol. The Bertz CT molecular complexity index is 773. The van der Waals surface area contributed by atoms with Gasteiger partial charge in [-0.3, -0.25) is 9.59 Å². The SMILES string of the molecule is Cc1cnc(OCC23CCCC2CN(C(=O)C2C=CC=NC2=O)C3)nc1. The third-order valence-corrected chi connectivity index (χ3v) is 5.72. The Labute approximate surface area is 152 Å². The first-order valence-corrected chi connectivity index (χ1v) is 9.02. The average molecular weight is 354 g/mol. The van der Waals surface area contributed by atoms with Crippen LogP contribution in [0.2, 0.25) is 0 Å². The fourth-order valence-electron chi connectivity index (χ4n) is 4.31. The Morgan fingerprint density at radius 3 is 2.96 bits per heavy atom. The van der Waals surface area contributed by atoms with Gasteiger partial charge in [-0.25, -0.2) is 15.0 Å². The van der Waals surface area contributed by atoms with Crippen molar-refractivity contribution in [2.75, 3.05) is 19.7 Å². The van der Waals surface area contributed by atoms with E-state index in [4.69, 9.17) is 4.74 Å². The second-order valence-electron chi connectivity index (χ2n) is 7.48. The molecule has 0 bridgehead atoms. The lowest BCUT2D eigenvalue weighted by Crippen LogP contribution is -2.40. The quantitative estimate of drug-likeness (QED) is 0.767. The number of aliphatic imine (C=N–C) groups is 1. The number of likely N-dealkylation sites (tertiary alicyclic amines) is 1. The van der Waals surface area contributed by atoms with Crippen LogP contribution in [0, 0.1) is 24.2 Å². The number of aromatic nitrogens is 2. The summed E-state index contributed by atoms with van der Waals surface area (Å²) in [6.45, 7) is 3.72. The van der Waals surface area contributed by atoms with Crippen molar-refractivity contribution in [1.82, 2.24) is 14.9 Å². The van der Waals surface area contributed by atoms with E-state index in [-0.39, 0.29) is 17.2 Å². The zero-order valence-electron chi connectivity index (χ0n) is 14.8. The van der Waals surface area contributed by atoms with Crippen molar-refractivity contribution < 1.29 is 14.3 Å². The summed E-state index contributed by atoms with van der Waals surface area (Å²) in [6.07, 6.45) is 11.4. The minimum Gasteiger partial charge on any atom is -0.463 e. The normalized spacial score (nSPS) is 29.9. The van der Waals surface area contributed by atoms with Crippen LogP contribution in [-0.4, -0.2) is 52.6 Å². The summed E-state index contributed by atoms with van der Waals surface area (Å²) in [6, 6.07) is 0.375. The lowest BCUT2D eigenvalue weighted by Gasteiger charge is -2.28. The first kappa shape index (κ1) is 16.9. The van der Waals surface area contributed by atoms with E-state index in [0.29, 0.717) is 31.6 Å². The molecule has 7 nitrogen and oxygen atoms in total. The number of dihydropyridines is 1. The lowest BCUT2D eigenvalue weighted by atomic mass is 9.82. The standard InChI is InChI=1S/C19H22N4O3/c1-13-8-21-18(22-9-13)26-12-19-6-2-4-14(19)10-23(11-19)17(25)15-5-3-7-20-16(15)24/h3,5,7-9,14-15H,2,4,6,10-12H2,1H3. The Kier molecular flexibility index (Phi) is 4.30. The molecule has 1 aromatic rings. The van der Waals surface area contributed by atoms with E-state index in [9.17, 15) is 9.59 Å². The summed E-state index contributed by atoms with van der Waals surface area (Å²) in [5, 5.41) is 0. The molecule has 3 unspecified atom stereocenters. The summed E-state index contributed by atoms with van der Waals surface area (Å²) < 4.78 is 5.88.